The molecule has 1 aromatic rings. The van der Waals surface area contributed by atoms with Crippen LogP contribution in [0.15, 0.2) is 15.8 Å². The highest BCUT2D eigenvalue weighted by Gasteiger charge is 2.22. The third kappa shape index (κ3) is 3.80. The first-order chi connectivity index (χ1) is 9.79. The summed E-state index contributed by atoms with van der Waals surface area (Å²) in [5.74, 6) is -1.95. The van der Waals surface area contributed by atoms with E-state index < -0.39 is 29.2 Å². The van der Waals surface area contributed by atoms with Crippen LogP contribution in [0.25, 0.3) is 0 Å². The fourth-order valence-corrected chi connectivity index (χ4v) is 1.87. The highest BCUT2D eigenvalue weighted by molar-refractivity contribution is 5.96. The highest BCUT2D eigenvalue weighted by atomic mass is 16.4. The van der Waals surface area contributed by atoms with Gasteiger partial charge in [-0.15, -0.1) is 0 Å². The number of hydrogen-bond acceptors (Lipinski definition) is 4. The van der Waals surface area contributed by atoms with E-state index >= 15 is 0 Å². The van der Waals surface area contributed by atoms with Crippen molar-refractivity contribution in [1.29, 1.82) is 0 Å². The number of carboxylic acids is 1. The summed E-state index contributed by atoms with van der Waals surface area (Å²) in [6, 6.07) is -1.06. The van der Waals surface area contributed by atoms with E-state index in [9.17, 15) is 19.2 Å². The van der Waals surface area contributed by atoms with Crippen LogP contribution < -0.4 is 16.6 Å². The quantitative estimate of drug-likeness (QED) is 0.732. The van der Waals surface area contributed by atoms with Crippen LogP contribution in [-0.4, -0.2) is 32.2 Å². The zero-order valence-corrected chi connectivity index (χ0v) is 12.3. The van der Waals surface area contributed by atoms with Gasteiger partial charge in [-0.3, -0.25) is 14.2 Å². The first kappa shape index (κ1) is 16.7. The van der Waals surface area contributed by atoms with E-state index in [2.05, 4.69) is 5.32 Å². The lowest BCUT2D eigenvalue weighted by Crippen LogP contribution is -2.46. The van der Waals surface area contributed by atoms with Crippen LogP contribution in [0.1, 0.15) is 36.5 Å². The van der Waals surface area contributed by atoms with Crippen LogP contribution in [0.4, 0.5) is 0 Å². The smallest absolute Gasteiger partial charge is 0.330 e. The summed E-state index contributed by atoms with van der Waals surface area (Å²) < 4.78 is 1.90. The van der Waals surface area contributed by atoms with E-state index in [1.165, 1.54) is 14.1 Å². The number of aromatic nitrogens is 2. The normalized spacial score (nSPS) is 12.0. The lowest BCUT2D eigenvalue weighted by atomic mass is 10.1. The molecule has 0 radical (unpaired) electrons. The average Bonchev–Trinajstić information content (AvgIpc) is 2.44. The van der Waals surface area contributed by atoms with Crippen molar-refractivity contribution < 1.29 is 14.7 Å². The van der Waals surface area contributed by atoms with Crippen LogP contribution in [0.3, 0.4) is 0 Å². The second kappa shape index (κ2) is 6.87. The van der Waals surface area contributed by atoms with Crippen molar-refractivity contribution in [3.63, 3.8) is 0 Å². The second-order valence-electron chi connectivity index (χ2n) is 4.81. The Morgan fingerprint density at radius 3 is 2.48 bits per heavy atom. The van der Waals surface area contributed by atoms with Gasteiger partial charge in [0.15, 0.2) is 0 Å². The minimum Gasteiger partial charge on any atom is -0.480 e. The molecule has 8 heteroatoms. The molecule has 0 saturated carbocycles. The van der Waals surface area contributed by atoms with Crippen LogP contribution in [0.2, 0.25) is 0 Å². The van der Waals surface area contributed by atoms with Gasteiger partial charge in [0, 0.05) is 20.3 Å². The summed E-state index contributed by atoms with van der Waals surface area (Å²) in [6.07, 6.45) is 2.83. The lowest BCUT2D eigenvalue weighted by molar-refractivity contribution is -0.139. The number of hydrogen-bond donors (Lipinski definition) is 2. The summed E-state index contributed by atoms with van der Waals surface area (Å²) in [4.78, 5) is 46.6. The predicted octanol–water partition coefficient (Wildman–Crippen LogP) is -0.543. The van der Waals surface area contributed by atoms with E-state index in [1.807, 2.05) is 6.92 Å². The minimum atomic E-state index is -1.15. The van der Waals surface area contributed by atoms with Crippen molar-refractivity contribution in [2.45, 2.75) is 32.2 Å². The Balaban J connectivity index is 3.06. The lowest BCUT2D eigenvalue weighted by Gasteiger charge is -2.14. The van der Waals surface area contributed by atoms with Gasteiger partial charge in [-0.25, -0.2) is 9.59 Å². The molecular weight excluding hydrogens is 278 g/mol. The molecule has 1 atom stereocenters. The maximum atomic E-state index is 12.1. The van der Waals surface area contributed by atoms with E-state index in [4.69, 9.17) is 5.11 Å². The van der Waals surface area contributed by atoms with Gasteiger partial charge in [-0.1, -0.05) is 19.8 Å². The van der Waals surface area contributed by atoms with E-state index in [0.29, 0.717) is 6.42 Å². The monoisotopic (exact) mass is 297 g/mol. The summed E-state index contributed by atoms with van der Waals surface area (Å²) in [5.41, 5.74) is -1.57. The van der Waals surface area contributed by atoms with Gasteiger partial charge in [-0.2, -0.15) is 0 Å². The molecular formula is C13H19N3O5. The Morgan fingerprint density at radius 2 is 1.95 bits per heavy atom. The summed E-state index contributed by atoms with van der Waals surface area (Å²) >= 11 is 0. The van der Waals surface area contributed by atoms with Crippen molar-refractivity contribution in [3.8, 4) is 0 Å². The van der Waals surface area contributed by atoms with Crippen LogP contribution in [0, 0.1) is 0 Å². The van der Waals surface area contributed by atoms with Crippen LogP contribution in [-0.2, 0) is 18.9 Å². The van der Waals surface area contributed by atoms with E-state index in [0.717, 1.165) is 21.8 Å². The van der Waals surface area contributed by atoms with Crippen molar-refractivity contribution in [2.75, 3.05) is 0 Å². The molecule has 1 heterocycles. The Labute approximate surface area is 121 Å². The maximum Gasteiger partial charge on any atom is 0.330 e. The molecule has 1 amide bonds. The first-order valence-electron chi connectivity index (χ1n) is 6.59. The number of unbranched alkanes of at least 4 members (excludes halogenated alkanes) is 1. The number of nitrogens with one attached hydrogen (secondary N) is 1. The molecule has 0 aliphatic heterocycles. The highest BCUT2D eigenvalue weighted by Crippen LogP contribution is 2.02. The molecule has 0 aliphatic carbocycles. The van der Waals surface area contributed by atoms with E-state index in [-0.39, 0.29) is 12.0 Å². The molecule has 1 rings (SSSR count). The Hall–Kier alpha value is -2.38. The van der Waals surface area contributed by atoms with Crippen LogP contribution in [0.5, 0.6) is 0 Å². The number of rotatable bonds is 6. The maximum absolute atomic E-state index is 12.1. The molecule has 0 saturated heterocycles. The number of aryl methyl sites for hydroxylation is 1. The number of aliphatic carboxylic acids is 1. The molecule has 2 N–H and O–H groups in total. The molecule has 0 aromatic carbocycles. The number of carbonyl (C=O) groups is 2. The molecule has 21 heavy (non-hydrogen) atoms. The first-order valence-corrected chi connectivity index (χ1v) is 6.59. The fraction of sp³-hybridized carbons (Fsp3) is 0.538. The molecule has 0 bridgehead atoms. The Bertz CT molecular complexity index is 659. The largest absolute Gasteiger partial charge is 0.480 e. The fourth-order valence-electron chi connectivity index (χ4n) is 1.87. The van der Waals surface area contributed by atoms with Gasteiger partial charge in [0.1, 0.15) is 11.6 Å². The zero-order valence-electron chi connectivity index (χ0n) is 12.3. The van der Waals surface area contributed by atoms with Gasteiger partial charge < -0.3 is 15.0 Å². The molecule has 1 aromatic heterocycles. The number of carbonyl (C=O) groups excluding carboxylic acids is 1. The molecule has 1 unspecified atom stereocenters. The summed E-state index contributed by atoms with van der Waals surface area (Å²) in [6.45, 7) is 1.91. The third-order valence-electron chi connectivity index (χ3n) is 3.14. The summed E-state index contributed by atoms with van der Waals surface area (Å²) in [7, 11) is 2.66. The third-order valence-corrected chi connectivity index (χ3v) is 3.14. The van der Waals surface area contributed by atoms with Gasteiger partial charge >= 0.3 is 11.7 Å². The average molecular weight is 297 g/mol. The molecule has 8 nitrogen and oxygen atoms in total. The van der Waals surface area contributed by atoms with Gasteiger partial charge in [0.2, 0.25) is 0 Å². The topological polar surface area (TPSA) is 110 Å². The summed E-state index contributed by atoms with van der Waals surface area (Å²) in [5, 5.41) is 11.4. The van der Waals surface area contributed by atoms with E-state index in [1.54, 1.807) is 0 Å². The Kier molecular flexibility index (Phi) is 5.45. The number of amides is 1. The SMILES string of the molecule is CCCCC(NC(=O)c1cn(C)c(=O)n(C)c1=O)C(=O)O. The van der Waals surface area contributed by atoms with Crippen molar-refractivity contribution in [1.82, 2.24) is 14.5 Å². The zero-order chi connectivity index (χ0) is 16.2. The minimum absolute atomic E-state index is 0.262. The molecule has 0 spiro atoms. The van der Waals surface area contributed by atoms with Crippen molar-refractivity contribution in [2.24, 2.45) is 14.1 Å². The van der Waals surface area contributed by atoms with Gasteiger partial charge in [-0.05, 0) is 6.42 Å². The number of carboxylic acid groups (broad SMARTS) is 1. The number of nitrogens with zero attached hydrogens (tertiary/aromatic N) is 2. The van der Waals surface area contributed by atoms with Crippen molar-refractivity contribution >= 4 is 11.9 Å². The Morgan fingerprint density at radius 1 is 1.33 bits per heavy atom. The van der Waals surface area contributed by atoms with Gasteiger partial charge in [0.25, 0.3) is 11.5 Å². The molecule has 0 aliphatic rings. The molecule has 116 valence electrons. The van der Waals surface area contributed by atoms with Crippen LogP contribution >= 0.6 is 0 Å². The van der Waals surface area contributed by atoms with Gasteiger partial charge in [0.05, 0.1) is 0 Å². The van der Waals surface area contributed by atoms with Crippen molar-refractivity contribution in [3.05, 3.63) is 32.6 Å². The predicted molar refractivity (Wildman–Crippen MR) is 75.3 cm³/mol. The second-order valence-corrected chi connectivity index (χ2v) is 4.81. The standard InChI is InChI=1S/C13H19N3O5/c1-4-5-6-9(12(19)20)14-10(17)8-7-15(2)13(21)16(3)11(8)18/h7,9H,4-6H2,1-3H3,(H,14,17)(H,19,20). The molecule has 0 fully saturated rings.